The summed E-state index contributed by atoms with van der Waals surface area (Å²) >= 11 is 0. The number of nitrogens with zero attached hydrogens (tertiary/aromatic N) is 3. The Balaban J connectivity index is 1.52. The quantitative estimate of drug-likeness (QED) is 0.732. The van der Waals surface area contributed by atoms with Crippen LogP contribution in [-0.2, 0) is 0 Å². The maximum atomic E-state index is 12.7. The summed E-state index contributed by atoms with van der Waals surface area (Å²) in [6.07, 6.45) is 1.73. The van der Waals surface area contributed by atoms with Crippen molar-refractivity contribution in [2.24, 2.45) is 0 Å². The molecule has 1 aliphatic rings. The zero-order valence-electron chi connectivity index (χ0n) is 15.5. The second-order valence-electron chi connectivity index (χ2n) is 6.92. The van der Waals surface area contributed by atoms with Crippen molar-refractivity contribution in [2.45, 2.75) is 32.7 Å². The molecule has 1 aliphatic heterocycles. The van der Waals surface area contributed by atoms with Gasteiger partial charge in [-0.15, -0.1) is 0 Å². The van der Waals surface area contributed by atoms with Gasteiger partial charge < -0.3 is 14.7 Å². The summed E-state index contributed by atoms with van der Waals surface area (Å²) in [5.74, 6) is 1.05. The van der Waals surface area contributed by atoms with E-state index in [0.29, 0.717) is 18.3 Å². The molecule has 2 heterocycles. The first-order chi connectivity index (χ1) is 13.1. The molecule has 6 nitrogen and oxygen atoms in total. The third-order valence-electron chi connectivity index (χ3n) is 4.93. The summed E-state index contributed by atoms with van der Waals surface area (Å²) in [5.41, 5.74) is 3.97. The number of anilines is 1. The van der Waals surface area contributed by atoms with Crippen molar-refractivity contribution >= 4 is 11.7 Å². The van der Waals surface area contributed by atoms with Gasteiger partial charge in [-0.25, -0.2) is 4.79 Å². The number of aryl methyl sites for hydroxylation is 2. The molecular formula is C21H22N4O2. The summed E-state index contributed by atoms with van der Waals surface area (Å²) in [5, 5.41) is 7.09. The number of likely N-dealkylation sites (tertiary alicyclic amines) is 1. The third kappa shape index (κ3) is 3.56. The van der Waals surface area contributed by atoms with Crippen LogP contribution in [0.5, 0.6) is 0 Å². The Morgan fingerprint density at radius 2 is 1.93 bits per heavy atom. The van der Waals surface area contributed by atoms with Crippen LogP contribution in [0.1, 0.15) is 35.9 Å². The van der Waals surface area contributed by atoms with Crippen LogP contribution in [0.4, 0.5) is 10.5 Å². The van der Waals surface area contributed by atoms with Crippen molar-refractivity contribution < 1.29 is 9.32 Å². The third-order valence-corrected chi connectivity index (χ3v) is 4.93. The molecule has 0 radical (unpaired) electrons. The lowest BCUT2D eigenvalue weighted by Gasteiger charge is -2.22. The van der Waals surface area contributed by atoms with E-state index in [2.05, 4.69) is 15.5 Å². The van der Waals surface area contributed by atoms with Gasteiger partial charge in [0.1, 0.15) is 6.04 Å². The summed E-state index contributed by atoms with van der Waals surface area (Å²) in [7, 11) is 0. The van der Waals surface area contributed by atoms with Crippen LogP contribution < -0.4 is 5.32 Å². The van der Waals surface area contributed by atoms with Gasteiger partial charge in [0.25, 0.3) is 0 Å². The number of carbonyl (C=O) groups excluding carboxylic acids is 1. The zero-order valence-corrected chi connectivity index (χ0v) is 15.5. The molecule has 0 bridgehead atoms. The van der Waals surface area contributed by atoms with Crippen molar-refractivity contribution in [2.75, 3.05) is 11.9 Å². The number of rotatable bonds is 3. The second-order valence-corrected chi connectivity index (χ2v) is 6.92. The van der Waals surface area contributed by atoms with Crippen molar-refractivity contribution in [3.63, 3.8) is 0 Å². The lowest BCUT2D eigenvalue weighted by molar-refractivity contribution is 0.193. The number of benzene rings is 2. The Bertz CT molecular complexity index is 949. The topological polar surface area (TPSA) is 71.3 Å². The SMILES string of the molecule is Cc1ccc(NC(=O)N2CCCC2c2nc(-c3ccccc3C)no2)cc1. The zero-order chi connectivity index (χ0) is 18.8. The van der Waals surface area contributed by atoms with Crippen molar-refractivity contribution in [3.8, 4) is 11.4 Å². The minimum atomic E-state index is -0.194. The molecule has 1 saturated heterocycles. The fourth-order valence-corrected chi connectivity index (χ4v) is 3.40. The van der Waals surface area contributed by atoms with Gasteiger partial charge in [0.15, 0.2) is 0 Å². The predicted molar refractivity (Wildman–Crippen MR) is 103 cm³/mol. The Morgan fingerprint density at radius 3 is 2.70 bits per heavy atom. The van der Waals surface area contributed by atoms with Crippen LogP contribution in [0, 0.1) is 13.8 Å². The second kappa shape index (κ2) is 7.23. The van der Waals surface area contributed by atoms with Crippen molar-refractivity contribution in [1.82, 2.24) is 15.0 Å². The van der Waals surface area contributed by atoms with E-state index < -0.39 is 0 Å². The van der Waals surface area contributed by atoms with E-state index in [9.17, 15) is 4.79 Å². The molecule has 27 heavy (non-hydrogen) atoms. The molecule has 0 spiro atoms. The van der Waals surface area contributed by atoms with E-state index in [4.69, 9.17) is 4.52 Å². The fourth-order valence-electron chi connectivity index (χ4n) is 3.40. The highest BCUT2D eigenvalue weighted by Crippen LogP contribution is 2.33. The highest BCUT2D eigenvalue weighted by atomic mass is 16.5. The van der Waals surface area contributed by atoms with E-state index >= 15 is 0 Å². The van der Waals surface area contributed by atoms with Gasteiger partial charge in [-0.05, 0) is 44.4 Å². The standard InChI is InChI=1S/C21H22N4O2/c1-14-9-11-16(12-10-14)22-21(26)25-13-5-8-18(25)20-23-19(24-27-20)17-7-4-3-6-15(17)2/h3-4,6-7,9-12,18H,5,8,13H2,1-2H3,(H,22,26). The molecule has 2 aromatic carbocycles. The summed E-state index contributed by atoms with van der Waals surface area (Å²) in [4.78, 5) is 19.1. The first-order valence-corrected chi connectivity index (χ1v) is 9.16. The normalized spacial score (nSPS) is 16.5. The molecule has 1 aromatic heterocycles. The first-order valence-electron chi connectivity index (χ1n) is 9.16. The van der Waals surface area contributed by atoms with Crippen molar-refractivity contribution in [1.29, 1.82) is 0 Å². The Morgan fingerprint density at radius 1 is 1.15 bits per heavy atom. The number of aromatic nitrogens is 2. The summed E-state index contributed by atoms with van der Waals surface area (Å²) < 4.78 is 5.52. The van der Waals surface area contributed by atoms with Gasteiger partial charge in [-0.3, -0.25) is 0 Å². The van der Waals surface area contributed by atoms with Crippen LogP contribution in [-0.4, -0.2) is 27.6 Å². The van der Waals surface area contributed by atoms with Crippen LogP contribution in [0.15, 0.2) is 53.1 Å². The first kappa shape index (κ1) is 17.3. The van der Waals surface area contributed by atoms with Crippen LogP contribution >= 0.6 is 0 Å². The van der Waals surface area contributed by atoms with Crippen LogP contribution in [0.2, 0.25) is 0 Å². The lowest BCUT2D eigenvalue weighted by atomic mass is 10.1. The number of carbonyl (C=O) groups is 1. The molecule has 1 unspecified atom stereocenters. The summed E-state index contributed by atoms with van der Waals surface area (Å²) in [6, 6.07) is 15.3. The van der Waals surface area contributed by atoms with Gasteiger partial charge in [-0.1, -0.05) is 47.1 Å². The molecular weight excluding hydrogens is 340 g/mol. The highest BCUT2D eigenvalue weighted by Gasteiger charge is 2.34. The van der Waals surface area contributed by atoms with Gasteiger partial charge in [-0.2, -0.15) is 4.98 Å². The Kier molecular flexibility index (Phi) is 4.62. The molecule has 4 rings (SSSR count). The number of nitrogens with one attached hydrogen (secondary N) is 1. The number of amides is 2. The largest absolute Gasteiger partial charge is 0.337 e. The van der Waals surface area contributed by atoms with Crippen LogP contribution in [0.3, 0.4) is 0 Å². The van der Waals surface area contributed by atoms with E-state index in [-0.39, 0.29) is 12.1 Å². The average Bonchev–Trinajstić information content (AvgIpc) is 3.33. The van der Waals surface area contributed by atoms with Gasteiger partial charge in [0.05, 0.1) is 0 Å². The van der Waals surface area contributed by atoms with Gasteiger partial charge in [0, 0.05) is 17.8 Å². The molecule has 0 saturated carbocycles. The predicted octanol–water partition coefficient (Wildman–Crippen LogP) is 4.72. The van der Waals surface area contributed by atoms with Crippen molar-refractivity contribution in [3.05, 3.63) is 65.5 Å². The molecule has 2 amide bonds. The minimum Gasteiger partial charge on any atom is -0.337 e. The van der Waals surface area contributed by atoms with E-state index in [0.717, 1.165) is 35.2 Å². The number of urea groups is 1. The summed E-state index contributed by atoms with van der Waals surface area (Å²) in [6.45, 7) is 4.70. The van der Waals surface area contributed by atoms with Crippen LogP contribution in [0.25, 0.3) is 11.4 Å². The number of hydrogen-bond donors (Lipinski definition) is 1. The van der Waals surface area contributed by atoms with Gasteiger partial charge in [0.2, 0.25) is 11.7 Å². The Hall–Kier alpha value is -3.15. The van der Waals surface area contributed by atoms with E-state index in [1.54, 1.807) is 4.90 Å². The highest BCUT2D eigenvalue weighted by molar-refractivity contribution is 5.89. The maximum absolute atomic E-state index is 12.7. The minimum absolute atomic E-state index is 0.142. The van der Waals surface area contributed by atoms with E-state index in [1.165, 1.54) is 0 Å². The molecule has 1 atom stereocenters. The molecule has 0 aliphatic carbocycles. The average molecular weight is 362 g/mol. The maximum Gasteiger partial charge on any atom is 0.322 e. The smallest absolute Gasteiger partial charge is 0.322 e. The molecule has 3 aromatic rings. The lowest BCUT2D eigenvalue weighted by Crippen LogP contribution is -2.34. The fraction of sp³-hybridized carbons (Fsp3) is 0.286. The Labute approximate surface area is 158 Å². The molecule has 1 N–H and O–H groups in total. The number of hydrogen-bond acceptors (Lipinski definition) is 4. The molecule has 1 fully saturated rings. The molecule has 138 valence electrons. The van der Waals surface area contributed by atoms with Gasteiger partial charge >= 0.3 is 6.03 Å². The monoisotopic (exact) mass is 362 g/mol. The molecule has 6 heteroatoms. The van der Waals surface area contributed by atoms with E-state index in [1.807, 2.05) is 62.4 Å².